The zero-order valence-corrected chi connectivity index (χ0v) is 32.4. The average molecular weight is 773 g/mol. The van der Waals surface area contributed by atoms with Gasteiger partial charge in [0.15, 0.2) is 23.3 Å². The van der Waals surface area contributed by atoms with Gasteiger partial charge in [0.05, 0.1) is 15.9 Å². The van der Waals surface area contributed by atoms with Gasteiger partial charge in [0.25, 0.3) is 0 Å². The lowest BCUT2D eigenvalue weighted by atomic mass is 10.0. The maximum absolute atomic E-state index is 5.24. The van der Waals surface area contributed by atoms with E-state index in [0.29, 0.717) is 23.3 Å². The Morgan fingerprint density at radius 1 is 0.322 bits per heavy atom. The third-order valence-corrected chi connectivity index (χ3v) is 11.7. The summed E-state index contributed by atoms with van der Waals surface area (Å²) >= 11 is 1.63. The minimum Gasteiger partial charge on any atom is -0.245 e. The van der Waals surface area contributed by atoms with E-state index in [1.165, 1.54) is 5.39 Å². The van der Waals surface area contributed by atoms with Gasteiger partial charge in [0.2, 0.25) is 0 Å². The zero-order valence-electron chi connectivity index (χ0n) is 31.6. The number of pyridine rings is 1. The Hall–Kier alpha value is -7.74. The SMILES string of the molecule is c1ccc(-c2cccc(-c3nc(-c4ccccc4)nc(-c4ccc(-c5cnc6sc7c(-c8ccccc8)nc(-c8ccc9ccccc9c8)nc7c6c5)cc4)n3)c2)cc1. The van der Waals surface area contributed by atoms with Crippen molar-refractivity contribution in [3.63, 3.8) is 0 Å². The van der Waals surface area contributed by atoms with Gasteiger partial charge in [-0.2, -0.15) is 0 Å². The topological polar surface area (TPSA) is 77.3 Å². The highest BCUT2D eigenvalue weighted by Gasteiger charge is 2.19. The van der Waals surface area contributed by atoms with Crippen molar-refractivity contribution in [3.05, 3.63) is 194 Å². The molecular formula is C52H32N6S. The Morgan fingerprint density at radius 2 is 0.831 bits per heavy atom. The van der Waals surface area contributed by atoms with Crippen LogP contribution in [0.15, 0.2) is 194 Å². The van der Waals surface area contributed by atoms with Crippen LogP contribution in [0.25, 0.3) is 110 Å². The number of thiophene rings is 1. The molecule has 4 heterocycles. The lowest BCUT2D eigenvalue weighted by molar-refractivity contribution is 1.07. The highest BCUT2D eigenvalue weighted by Crippen LogP contribution is 2.40. The summed E-state index contributed by atoms with van der Waals surface area (Å²) in [7, 11) is 0. The summed E-state index contributed by atoms with van der Waals surface area (Å²) in [5.74, 6) is 2.54. The van der Waals surface area contributed by atoms with Crippen LogP contribution in [0, 0.1) is 0 Å². The van der Waals surface area contributed by atoms with Crippen LogP contribution < -0.4 is 0 Å². The zero-order chi connectivity index (χ0) is 39.1. The second-order valence-corrected chi connectivity index (χ2v) is 15.4. The van der Waals surface area contributed by atoms with E-state index >= 15 is 0 Å². The van der Waals surface area contributed by atoms with E-state index in [0.717, 1.165) is 81.6 Å². The minimum atomic E-state index is 0.606. The standard InChI is InChI=1S/C52H32N6S/c1-4-13-33(14-5-1)40-21-12-22-41(29-40)51-57-48(37-18-8-3-9-19-37)56-49(58-51)38-26-23-35(24-27-38)43-31-44-46-47(59-52(44)53-32-43)45(36-16-6-2-7-17-36)54-50(55-46)42-28-25-34-15-10-11-20-39(34)30-42/h1-32H. The Bertz CT molecular complexity index is 3310. The molecule has 7 heteroatoms. The molecule has 0 N–H and O–H groups in total. The van der Waals surface area contributed by atoms with Gasteiger partial charge in [-0.25, -0.2) is 29.9 Å². The van der Waals surface area contributed by atoms with Gasteiger partial charge >= 0.3 is 0 Å². The van der Waals surface area contributed by atoms with Gasteiger partial charge < -0.3 is 0 Å². The van der Waals surface area contributed by atoms with E-state index in [1.54, 1.807) is 11.3 Å². The molecule has 0 saturated heterocycles. The van der Waals surface area contributed by atoms with Crippen LogP contribution in [-0.4, -0.2) is 29.9 Å². The molecule has 0 fully saturated rings. The van der Waals surface area contributed by atoms with E-state index in [1.807, 2.05) is 48.7 Å². The first-order chi connectivity index (χ1) is 29.2. The molecular weight excluding hydrogens is 741 g/mol. The summed E-state index contributed by atoms with van der Waals surface area (Å²) in [5, 5.41) is 3.34. The largest absolute Gasteiger partial charge is 0.245 e. The fraction of sp³-hybridized carbons (Fsp3) is 0. The fourth-order valence-electron chi connectivity index (χ4n) is 7.57. The molecule has 0 saturated carbocycles. The van der Waals surface area contributed by atoms with Crippen molar-refractivity contribution < 1.29 is 0 Å². The number of aromatic nitrogens is 6. The summed E-state index contributed by atoms with van der Waals surface area (Å²) in [6, 6.07) is 64.5. The molecule has 59 heavy (non-hydrogen) atoms. The van der Waals surface area contributed by atoms with Crippen molar-refractivity contribution in [3.8, 4) is 79.1 Å². The number of hydrogen-bond donors (Lipinski definition) is 0. The van der Waals surface area contributed by atoms with E-state index in [4.69, 9.17) is 29.9 Å². The number of benzene rings is 7. The number of nitrogens with zero attached hydrogens (tertiary/aromatic N) is 6. The molecule has 276 valence electrons. The summed E-state index contributed by atoms with van der Waals surface area (Å²) in [6.45, 7) is 0. The molecule has 11 aromatic rings. The van der Waals surface area contributed by atoms with Gasteiger partial charge in [0, 0.05) is 45.0 Å². The van der Waals surface area contributed by atoms with Gasteiger partial charge in [-0.1, -0.05) is 170 Å². The van der Waals surface area contributed by atoms with Crippen molar-refractivity contribution >= 4 is 42.5 Å². The van der Waals surface area contributed by atoms with E-state index < -0.39 is 0 Å². The van der Waals surface area contributed by atoms with Crippen molar-refractivity contribution in [2.24, 2.45) is 0 Å². The first-order valence-corrected chi connectivity index (χ1v) is 20.2. The van der Waals surface area contributed by atoms with Crippen LogP contribution in [0.4, 0.5) is 0 Å². The molecule has 0 radical (unpaired) electrons. The predicted octanol–water partition coefficient (Wildman–Crippen LogP) is 13.2. The Balaban J connectivity index is 0.996. The highest BCUT2D eigenvalue weighted by atomic mass is 32.1. The maximum atomic E-state index is 5.24. The summed E-state index contributed by atoms with van der Waals surface area (Å²) in [6.07, 6.45) is 1.95. The van der Waals surface area contributed by atoms with Crippen molar-refractivity contribution in [1.82, 2.24) is 29.9 Å². The van der Waals surface area contributed by atoms with Crippen molar-refractivity contribution in [1.29, 1.82) is 0 Å². The molecule has 0 bridgehead atoms. The molecule has 0 aliphatic carbocycles. The van der Waals surface area contributed by atoms with E-state index in [-0.39, 0.29) is 0 Å². The molecule has 0 atom stereocenters. The molecule has 4 aromatic heterocycles. The summed E-state index contributed by atoms with van der Waals surface area (Å²) in [5.41, 5.74) is 10.8. The second-order valence-electron chi connectivity index (χ2n) is 14.4. The number of hydrogen-bond acceptors (Lipinski definition) is 7. The molecule has 0 aliphatic rings. The van der Waals surface area contributed by atoms with Gasteiger partial charge in [-0.3, -0.25) is 0 Å². The maximum Gasteiger partial charge on any atom is 0.164 e. The smallest absolute Gasteiger partial charge is 0.164 e. The van der Waals surface area contributed by atoms with Crippen molar-refractivity contribution in [2.45, 2.75) is 0 Å². The Kier molecular flexibility index (Phi) is 8.56. The van der Waals surface area contributed by atoms with Gasteiger partial charge in [-0.05, 0) is 45.7 Å². The molecule has 0 aliphatic heterocycles. The summed E-state index contributed by atoms with van der Waals surface area (Å²) < 4.78 is 1.02. The van der Waals surface area contributed by atoms with Crippen LogP contribution in [-0.2, 0) is 0 Å². The van der Waals surface area contributed by atoms with E-state index in [2.05, 4.69) is 146 Å². The lowest BCUT2D eigenvalue weighted by Crippen LogP contribution is -2.00. The van der Waals surface area contributed by atoms with Crippen LogP contribution in [0.2, 0.25) is 0 Å². The number of rotatable bonds is 7. The third kappa shape index (κ3) is 6.59. The van der Waals surface area contributed by atoms with E-state index in [9.17, 15) is 0 Å². The quantitative estimate of drug-likeness (QED) is 0.161. The average Bonchev–Trinajstić information content (AvgIpc) is 3.70. The monoisotopic (exact) mass is 772 g/mol. The van der Waals surface area contributed by atoms with Gasteiger partial charge in [-0.15, -0.1) is 11.3 Å². The first-order valence-electron chi connectivity index (χ1n) is 19.4. The van der Waals surface area contributed by atoms with Crippen LogP contribution in [0.3, 0.4) is 0 Å². The van der Waals surface area contributed by atoms with Crippen LogP contribution in [0.5, 0.6) is 0 Å². The van der Waals surface area contributed by atoms with Gasteiger partial charge in [0.1, 0.15) is 4.83 Å². The van der Waals surface area contributed by atoms with Crippen LogP contribution in [0.1, 0.15) is 0 Å². The normalized spacial score (nSPS) is 11.4. The fourth-order valence-corrected chi connectivity index (χ4v) is 8.64. The van der Waals surface area contributed by atoms with Crippen molar-refractivity contribution in [2.75, 3.05) is 0 Å². The minimum absolute atomic E-state index is 0.606. The highest BCUT2D eigenvalue weighted by molar-refractivity contribution is 7.25. The molecule has 0 spiro atoms. The third-order valence-electron chi connectivity index (χ3n) is 10.6. The number of fused-ring (bicyclic) bond motifs is 4. The Morgan fingerprint density at radius 3 is 1.56 bits per heavy atom. The Labute approximate surface area is 344 Å². The second kappa shape index (κ2) is 14.6. The molecule has 0 amide bonds. The molecule has 0 unspecified atom stereocenters. The molecule has 11 rings (SSSR count). The van der Waals surface area contributed by atoms with Crippen LogP contribution >= 0.6 is 11.3 Å². The first kappa shape index (κ1) is 34.5. The molecule has 6 nitrogen and oxygen atoms in total. The predicted molar refractivity (Wildman–Crippen MR) is 242 cm³/mol. The summed E-state index contributed by atoms with van der Waals surface area (Å²) in [4.78, 5) is 31.3. The molecule has 7 aromatic carbocycles. The lowest BCUT2D eigenvalue weighted by Gasteiger charge is -2.10.